The number of fused-ring (bicyclic) bond motifs is 3. The number of benzene rings is 3. The molecule has 7 nitrogen and oxygen atoms in total. The van der Waals surface area contributed by atoms with Gasteiger partial charge in [-0.15, -0.1) is 6.42 Å². The summed E-state index contributed by atoms with van der Waals surface area (Å²) in [5.74, 6) is 0.530. The molecule has 0 fully saturated rings. The van der Waals surface area contributed by atoms with Gasteiger partial charge in [-0.2, -0.15) is 0 Å². The van der Waals surface area contributed by atoms with Crippen molar-refractivity contribution in [3.8, 4) is 23.5 Å². The summed E-state index contributed by atoms with van der Waals surface area (Å²) in [6, 6.07) is 20.9. The highest BCUT2D eigenvalue weighted by Gasteiger charge is 2.29. The molecule has 0 aliphatic heterocycles. The highest BCUT2D eigenvalue weighted by molar-refractivity contribution is 5.99. The van der Waals surface area contributed by atoms with Gasteiger partial charge in [-0.1, -0.05) is 60.5 Å². The molecule has 0 radical (unpaired) electrons. The number of aliphatic carboxylic acids is 1. The second-order valence-electron chi connectivity index (χ2n) is 8.19. The van der Waals surface area contributed by atoms with Crippen molar-refractivity contribution in [3.05, 3.63) is 89.0 Å². The van der Waals surface area contributed by atoms with E-state index in [4.69, 9.17) is 16.3 Å². The Balaban J connectivity index is 1.47. The third-order valence-electron chi connectivity index (χ3n) is 6.04. The normalized spacial score (nSPS) is 11.7. The summed E-state index contributed by atoms with van der Waals surface area (Å²) in [4.78, 5) is 37.7. The number of terminal acetylenes is 1. The average Bonchev–Trinajstić information content (AvgIpc) is 3.17. The predicted molar refractivity (Wildman–Crippen MR) is 132 cm³/mol. The maximum atomic E-state index is 12.9. The first-order chi connectivity index (χ1) is 16.9. The van der Waals surface area contributed by atoms with Crippen LogP contribution in [0.2, 0.25) is 0 Å². The van der Waals surface area contributed by atoms with Gasteiger partial charge in [0.2, 0.25) is 0 Å². The number of hydrogen-bond acceptors (Lipinski definition) is 4. The van der Waals surface area contributed by atoms with Crippen LogP contribution < -0.4 is 5.32 Å². The summed E-state index contributed by atoms with van der Waals surface area (Å²) in [5.41, 5.74) is 5.61. The van der Waals surface area contributed by atoms with Crippen molar-refractivity contribution < 1.29 is 24.2 Å². The highest BCUT2D eigenvalue weighted by atomic mass is 16.5. The molecule has 3 aromatic carbocycles. The second kappa shape index (κ2) is 10.1. The summed E-state index contributed by atoms with van der Waals surface area (Å²) >= 11 is 0. The van der Waals surface area contributed by atoms with Crippen LogP contribution in [0.25, 0.3) is 11.1 Å². The molecule has 2 N–H and O–H groups in total. The topological polar surface area (TPSA) is 95.9 Å². The van der Waals surface area contributed by atoms with Crippen molar-refractivity contribution in [1.82, 2.24) is 4.90 Å². The van der Waals surface area contributed by atoms with Crippen LogP contribution in [0.5, 0.6) is 0 Å². The number of nitrogens with one attached hydrogen (secondary N) is 1. The van der Waals surface area contributed by atoms with Crippen LogP contribution in [0.15, 0.2) is 66.7 Å². The van der Waals surface area contributed by atoms with Crippen molar-refractivity contribution in [1.29, 1.82) is 0 Å². The number of amides is 2. The minimum Gasteiger partial charge on any atom is -0.480 e. The minimum absolute atomic E-state index is 0.0736. The van der Waals surface area contributed by atoms with E-state index in [1.54, 1.807) is 25.1 Å². The SMILES string of the molecule is C#CCN(CC(=O)O)C(=O)c1cccc(NC(=O)OCC2c3ccccc3-c3ccccc32)c1C. The molecule has 3 aromatic rings. The van der Waals surface area contributed by atoms with Crippen LogP contribution in [-0.2, 0) is 9.53 Å². The Hall–Kier alpha value is -4.57. The first-order valence-electron chi connectivity index (χ1n) is 11.1. The summed E-state index contributed by atoms with van der Waals surface area (Å²) in [7, 11) is 0. The number of anilines is 1. The average molecular weight is 469 g/mol. The van der Waals surface area contributed by atoms with Crippen molar-refractivity contribution >= 4 is 23.7 Å². The van der Waals surface area contributed by atoms with Gasteiger partial charge in [0, 0.05) is 17.2 Å². The number of carboxylic acids is 1. The molecule has 0 atom stereocenters. The maximum Gasteiger partial charge on any atom is 0.411 e. The lowest BCUT2D eigenvalue weighted by Crippen LogP contribution is -2.36. The second-order valence-corrected chi connectivity index (χ2v) is 8.19. The summed E-state index contributed by atoms with van der Waals surface area (Å²) in [6.45, 7) is 1.16. The van der Waals surface area contributed by atoms with Crippen LogP contribution in [0, 0.1) is 19.3 Å². The summed E-state index contributed by atoms with van der Waals surface area (Å²) < 4.78 is 5.59. The van der Waals surface area contributed by atoms with E-state index in [2.05, 4.69) is 23.4 Å². The van der Waals surface area contributed by atoms with Crippen molar-refractivity contribution in [3.63, 3.8) is 0 Å². The molecule has 0 saturated heterocycles. The fraction of sp³-hybridized carbons (Fsp3) is 0.179. The lowest BCUT2D eigenvalue weighted by molar-refractivity contribution is -0.137. The molecule has 7 heteroatoms. The molecule has 0 heterocycles. The predicted octanol–water partition coefficient (Wildman–Crippen LogP) is 4.52. The number of carbonyl (C=O) groups is 3. The van der Waals surface area contributed by atoms with Crippen molar-refractivity contribution in [2.75, 3.05) is 25.0 Å². The highest BCUT2D eigenvalue weighted by Crippen LogP contribution is 2.44. The van der Waals surface area contributed by atoms with Gasteiger partial charge in [0.25, 0.3) is 5.91 Å². The van der Waals surface area contributed by atoms with Gasteiger partial charge >= 0.3 is 12.1 Å². The van der Waals surface area contributed by atoms with Crippen LogP contribution in [0.1, 0.15) is 33.0 Å². The van der Waals surface area contributed by atoms with Gasteiger partial charge in [0.15, 0.2) is 0 Å². The molecule has 35 heavy (non-hydrogen) atoms. The van der Waals surface area contributed by atoms with Gasteiger partial charge < -0.3 is 14.7 Å². The fourth-order valence-electron chi connectivity index (χ4n) is 4.39. The van der Waals surface area contributed by atoms with Gasteiger partial charge in [-0.05, 0) is 46.9 Å². The Morgan fingerprint density at radius 3 is 2.23 bits per heavy atom. The number of carbonyl (C=O) groups excluding carboxylic acids is 2. The molecule has 1 aliphatic carbocycles. The molecule has 0 unspecified atom stereocenters. The number of ether oxygens (including phenoxy) is 1. The number of rotatable bonds is 7. The summed E-state index contributed by atoms with van der Waals surface area (Å²) in [5, 5.41) is 11.8. The minimum atomic E-state index is -1.17. The van der Waals surface area contributed by atoms with E-state index < -0.39 is 24.5 Å². The Morgan fingerprint density at radius 2 is 1.63 bits per heavy atom. The summed E-state index contributed by atoms with van der Waals surface area (Å²) in [6.07, 6.45) is 4.64. The van der Waals surface area contributed by atoms with Crippen LogP contribution in [-0.4, -0.2) is 47.7 Å². The zero-order valence-electron chi connectivity index (χ0n) is 19.2. The third kappa shape index (κ3) is 4.87. The quantitative estimate of drug-likeness (QED) is 0.497. The Bertz CT molecular complexity index is 1300. The molecule has 0 saturated carbocycles. The van der Waals surface area contributed by atoms with Crippen molar-refractivity contribution in [2.24, 2.45) is 0 Å². The van der Waals surface area contributed by atoms with Crippen LogP contribution in [0.4, 0.5) is 10.5 Å². The number of nitrogens with zero attached hydrogens (tertiary/aromatic N) is 1. The molecular formula is C28H24N2O5. The first kappa shape index (κ1) is 23.6. The molecule has 1 aliphatic rings. The Kier molecular flexibility index (Phi) is 6.83. The number of hydrogen-bond donors (Lipinski definition) is 2. The fourth-order valence-corrected chi connectivity index (χ4v) is 4.39. The Morgan fingerprint density at radius 1 is 1.00 bits per heavy atom. The molecular weight excluding hydrogens is 444 g/mol. The molecule has 0 spiro atoms. The van der Waals surface area contributed by atoms with E-state index in [-0.39, 0.29) is 24.6 Å². The third-order valence-corrected chi connectivity index (χ3v) is 6.04. The zero-order valence-corrected chi connectivity index (χ0v) is 19.2. The molecule has 0 bridgehead atoms. The monoisotopic (exact) mass is 468 g/mol. The lowest BCUT2D eigenvalue weighted by Gasteiger charge is -2.20. The molecule has 176 valence electrons. The van der Waals surface area contributed by atoms with E-state index in [0.29, 0.717) is 11.3 Å². The first-order valence-corrected chi connectivity index (χ1v) is 11.1. The largest absolute Gasteiger partial charge is 0.480 e. The Labute approximate surface area is 203 Å². The standard InChI is InChI=1S/C28H24N2O5/c1-3-15-30(16-26(31)32)27(33)19-13-8-14-25(18(19)2)29-28(34)35-17-24-22-11-6-4-9-20(22)21-10-5-7-12-23(21)24/h1,4-14,24H,15-17H2,2H3,(H,29,34)(H,31,32). The van der Waals surface area contributed by atoms with Gasteiger partial charge in [0.05, 0.1) is 6.54 Å². The van der Waals surface area contributed by atoms with E-state index in [0.717, 1.165) is 27.2 Å². The van der Waals surface area contributed by atoms with Gasteiger partial charge in [-0.25, -0.2) is 4.79 Å². The molecule has 0 aromatic heterocycles. The maximum absolute atomic E-state index is 12.9. The van der Waals surface area contributed by atoms with E-state index in [9.17, 15) is 14.4 Å². The van der Waals surface area contributed by atoms with Crippen LogP contribution >= 0.6 is 0 Å². The smallest absolute Gasteiger partial charge is 0.411 e. The molecule has 4 rings (SSSR count). The van der Waals surface area contributed by atoms with E-state index in [1.807, 2.05) is 36.4 Å². The number of carboxylic acid groups (broad SMARTS) is 1. The van der Waals surface area contributed by atoms with Gasteiger partial charge in [-0.3, -0.25) is 14.9 Å². The zero-order chi connectivity index (χ0) is 24.9. The van der Waals surface area contributed by atoms with E-state index >= 15 is 0 Å². The van der Waals surface area contributed by atoms with Gasteiger partial charge in [0.1, 0.15) is 13.2 Å². The lowest BCUT2D eigenvalue weighted by atomic mass is 9.98. The van der Waals surface area contributed by atoms with E-state index in [1.165, 1.54) is 0 Å². The van der Waals surface area contributed by atoms with Crippen LogP contribution in [0.3, 0.4) is 0 Å². The molecule has 2 amide bonds. The van der Waals surface area contributed by atoms with Crippen molar-refractivity contribution in [2.45, 2.75) is 12.8 Å².